The van der Waals surface area contributed by atoms with Crippen molar-refractivity contribution in [2.75, 3.05) is 20.3 Å². The van der Waals surface area contributed by atoms with E-state index in [1.807, 2.05) is 11.3 Å². The minimum atomic E-state index is 0.842. The average Bonchev–Trinajstić information content (AvgIpc) is 2.45. The van der Waals surface area contributed by atoms with Crippen LogP contribution >= 0.6 is 11.3 Å². The third-order valence-electron chi connectivity index (χ3n) is 2.16. The number of thiophene rings is 1. The van der Waals surface area contributed by atoms with Crippen molar-refractivity contribution in [1.82, 2.24) is 5.32 Å². The van der Waals surface area contributed by atoms with Gasteiger partial charge in [0.05, 0.1) is 0 Å². The standard InChI is InChI=1S/C11H19NOS/c1-9-7-11(10(2)14-9)8-12-5-4-6-13-3/h7,12H,4-6,8H2,1-3H3. The fourth-order valence-corrected chi connectivity index (χ4v) is 2.37. The summed E-state index contributed by atoms with van der Waals surface area (Å²) in [7, 11) is 1.74. The van der Waals surface area contributed by atoms with Crippen LogP contribution in [0.25, 0.3) is 0 Å². The van der Waals surface area contributed by atoms with E-state index in [-0.39, 0.29) is 0 Å². The number of nitrogens with one attached hydrogen (secondary N) is 1. The first kappa shape index (κ1) is 11.7. The first-order valence-corrected chi connectivity index (χ1v) is 5.81. The molecule has 14 heavy (non-hydrogen) atoms. The van der Waals surface area contributed by atoms with Gasteiger partial charge in [0.25, 0.3) is 0 Å². The van der Waals surface area contributed by atoms with Crippen LogP contribution in [0, 0.1) is 13.8 Å². The van der Waals surface area contributed by atoms with Gasteiger partial charge in [-0.1, -0.05) is 0 Å². The maximum Gasteiger partial charge on any atom is 0.0474 e. The Hall–Kier alpha value is -0.380. The van der Waals surface area contributed by atoms with E-state index in [2.05, 4.69) is 25.2 Å². The molecule has 0 saturated heterocycles. The van der Waals surface area contributed by atoms with E-state index in [1.54, 1.807) is 7.11 Å². The third kappa shape index (κ3) is 3.78. The summed E-state index contributed by atoms with van der Waals surface area (Å²) < 4.78 is 4.98. The molecule has 0 aliphatic carbocycles. The normalized spacial score (nSPS) is 10.8. The van der Waals surface area contributed by atoms with Crippen LogP contribution < -0.4 is 5.32 Å². The molecule has 0 aliphatic heterocycles. The lowest BCUT2D eigenvalue weighted by Crippen LogP contribution is -2.16. The molecule has 1 aromatic heterocycles. The summed E-state index contributed by atoms with van der Waals surface area (Å²) in [6, 6.07) is 2.27. The molecule has 0 radical (unpaired) electrons. The van der Waals surface area contributed by atoms with Crippen molar-refractivity contribution >= 4 is 11.3 Å². The monoisotopic (exact) mass is 213 g/mol. The molecule has 1 heterocycles. The summed E-state index contributed by atoms with van der Waals surface area (Å²) in [5.74, 6) is 0. The number of hydrogen-bond acceptors (Lipinski definition) is 3. The van der Waals surface area contributed by atoms with Crippen LogP contribution in [0.1, 0.15) is 21.7 Å². The van der Waals surface area contributed by atoms with Gasteiger partial charge < -0.3 is 10.1 Å². The van der Waals surface area contributed by atoms with E-state index in [0.29, 0.717) is 0 Å². The molecule has 1 aromatic rings. The maximum atomic E-state index is 4.98. The minimum absolute atomic E-state index is 0.842. The van der Waals surface area contributed by atoms with Crippen molar-refractivity contribution in [1.29, 1.82) is 0 Å². The summed E-state index contributed by atoms with van der Waals surface area (Å²) >= 11 is 1.87. The van der Waals surface area contributed by atoms with Gasteiger partial charge in [-0.05, 0) is 38.4 Å². The molecule has 3 heteroatoms. The van der Waals surface area contributed by atoms with Crippen molar-refractivity contribution in [2.24, 2.45) is 0 Å². The SMILES string of the molecule is COCCCNCc1cc(C)sc1C. The molecule has 0 atom stereocenters. The molecule has 1 N–H and O–H groups in total. The smallest absolute Gasteiger partial charge is 0.0474 e. The molecule has 0 amide bonds. The Kier molecular flexibility index (Phi) is 5.15. The molecule has 80 valence electrons. The highest BCUT2D eigenvalue weighted by molar-refractivity contribution is 7.12. The van der Waals surface area contributed by atoms with Crippen molar-refractivity contribution in [3.63, 3.8) is 0 Å². The zero-order valence-corrected chi connectivity index (χ0v) is 10.0. The van der Waals surface area contributed by atoms with Gasteiger partial charge in [-0.2, -0.15) is 0 Å². The number of methoxy groups -OCH3 is 1. The predicted octanol–water partition coefficient (Wildman–Crippen LogP) is 2.49. The van der Waals surface area contributed by atoms with Gasteiger partial charge in [-0.25, -0.2) is 0 Å². The van der Waals surface area contributed by atoms with Gasteiger partial charge in [0.1, 0.15) is 0 Å². The van der Waals surface area contributed by atoms with Gasteiger partial charge in [-0.15, -0.1) is 11.3 Å². The molecular weight excluding hydrogens is 194 g/mol. The first-order valence-electron chi connectivity index (χ1n) is 4.99. The summed E-state index contributed by atoms with van der Waals surface area (Å²) in [6.07, 6.45) is 1.08. The maximum absolute atomic E-state index is 4.98. The Balaban J connectivity index is 2.21. The first-order chi connectivity index (χ1) is 6.74. The van der Waals surface area contributed by atoms with Crippen molar-refractivity contribution in [3.05, 3.63) is 21.4 Å². The Labute approximate surface area is 90.3 Å². The van der Waals surface area contributed by atoms with E-state index in [9.17, 15) is 0 Å². The van der Waals surface area contributed by atoms with Crippen molar-refractivity contribution in [2.45, 2.75) is 26.8 Å². The fraction of sp³-hybridized carbons (Fsp3) is 0.636. The van der Waals surface area contributed by atoms with E-state index in [1.165, 1.54) is 15.3 Å². The lowest BCUT2D eigenvalue weighted by Gasteiger charge is -2.03. The van der Waals surface area contributed by atoms with Crippen LogP contribution in [-0.4, -0.2) is 20.3 Å². The predicted molar refractivity (Wildman–Crippen MR) is 62.0 cm³/mol. The van der Waals surface area contributed by atoms with E-state index in [4.69, 9.17) is 4.74 Å². The molecule has 0 saturated carbocycles. The second kappa shape index (κ2) is 6.17. The molecule has 2 nitrogen and oxygen atoms in total. The van der Waals surface area contributed by atoms with Crippen LogP contribution in [0.4, 0.5) is 0 Å². The van der Waals surface area contributed by atoms with Crippen LogP contribution in [0.2, 0.25) is 0 Å². The molecular formula is C11H19NOS. The summed E-state index contributed by atoms with van der Waals surface area (Å²) in [5.41, 5.74) is 1.44. The second-order valence-corrected chi connectivity index (χ2v) is 4.92. The largest absolute Gasteiger partial charge is 0.385 e. The highest BCUT2D eigenvalue weighted by Gasteiger charge is 2.01. The lowest BCUT2D eigenvalue weighted by molar-refractivity contribution is 0.194. The van der Waals surface area contributed by atoms with Gasteiger partial charge >= 0.3 is 0 Å². The van der Waals surface area contributed by atoms with Crippen LogP contribution in [0.5, 0.6) is 0 Å². The lowest BCUT2D eigenvalue weighted by atomic mass is 10.2. The van der Waals surface area contributed by atoms with Gasteiger partial charge in [-0.3, -0.25) is 0 Å². The quantitative estimate of drug-likeness (QED) is 0.733. The zero-order valence-electron chi connectivity index (χ0n) is 9.22. The second-order valence-electron chi connectivity index (χ2n) is 3.46. The minimum Gasteiger partial charge on any atom is -0.385 e. The van der Waals surface area contributed by atoms with E-state index < -0.39 is 0 Å². The molecule has 0 spiro atoms. The topological polar surface area (TPSA) is 21.3 Å². The molecule has 0 aromatic carbocycles. The van der Waals surface area contributed by atoms with Crippen LogP contribution in [0.3, 0.4) is 0 Å². The Morgan fingerprint density at radius 3 is 2.79 bits per heavy atom. The highest BCUT2D eigenvalue weighted by Crippen LogP contribution is 2.19. The van der Waals surface area contributed by atoms with Gasteiger partial charge in [0, 0.05) is 30.0 Å². The Morgan fingerprint density at radius 1 is 1.43 bits per heavy atom. The number of ether oxygens (including phenoxy) is 1. The fourth-order valence-electron chi connectivity index (χ4n) is 1.42. The Bertz CT molecular complexity index is 270. The molecule has 0 aliphatic rings. The van der Waals surface area contributed by atoms with Crippen LogP contribution in [-0.2, 0) is 11.3 Å². The molecule has 0 unspecified atom stereocenters. The van der Waals surface area contributed by atoms with Crippen molar-refractivity contribution in [3.8, 4) is 0 Å². The molecule has 0 bridgehead atoms. The zero-order chi connectivity index (χ0) is 10.4. The van der Waals surface area contributed by atoms with E-state index in [0.717, 1.165) is 26.1 Å². The molecule has 1 rings (SSSR count). The number of aryl methyl sites for hydroxylation is 2. The number of rotatable bonds is 6. The summed E-state index contributed by atoms with van der Waals surface area (Å²) in [5, 5.41) is 3.42. The van der Waals surface area contributed by atoms with Gasteiger partial charge in [0.15, 0.2) is 0 Å². The van der Waals surface area contributed by atoms with Crippen LogP contribution in [0.15, 0.2) is 6.07 Å². The molecule has 0 fully saturated rings. The van der Waals surface area contributed by atoms with Gasteiger partial charge in [0.2, 0.25) is 0 Å². The third-order valence-corrected chi connectivity index (χ3v) is 3.17. The van der Waals surface area contributed by atoms with Crippen molar-refractivity contribution < 1.29 is 4.74 Å². The average molecular weight is 213 g/mol. The number of hydrogen-bond donors (Lipinski definition) is 1. The summed E-state index contributed by atoms with van der Waals surface area (Å²) in [6.45, 7) is 7.20. The summed E-state index contributed by atoms with van der Waals surface area (Å²) in [4.78, 5) is 2.83. The Morgan fingerprint density at radius 2 is 2.21 bits per heavy atom. The highest BCUT2D eigenvalue weighted by atomic mass is 32.1. The van der Waals surface area contributed by atoms with E-state index >= 15 is 0 Å².